The van der Waals surface area contributed by atoms with E-state index in [-0.39, 0.29) is 23.7 Å². The smallest absolute Gasteiger partial charge is 0.326 e. The summed E-state index contributed by atoms with van der Waals surface area (Å²) in [5.41, 5.74) is 1.26. The SMILES string of the molecule is C=C(Cl)COC(=O)Cn1cnc2cc(-c3ccc(OC)cc3)sc2c1=O. The number of fused-ring (bicyclic) bond motifs is 1. The molecule has 0 spiro atoms. The molecular weight excluding hydrogens is 376 g/mol. The first kappa shape index (κ1) is 18.2. The number of halogens is 1. The van der Waals surface area contributed by atoms with Crippen molar-refractivity contribution >= 4 is 39.1 Å². The number of rotatable bonds is 6. The van der Waals surface area contributed by atoms with E-state index >= 15 is 0 Å². The fourth-order valence-electron chi connectivity index (χ4n) is 2.30. The summed E-state index contributed by atoms with van der Waals surface area (Å²) in [5, 5.41) is 0.210. The van der Waals surface area contributed by atoms with Gasteiger partial charge in [0.15, 0.2) is 0 Å². The van der Waals surface area contributed by atoms with Crippen LogP contribution in [0.4, 0.5) is 0 Å². The zero-order chi connectivity index (χ0) is 18.7. The molecule has 3 rings (SSSR count). The van der Waals surface area contributed by atoms with Gasteiger partial charge >= 0.3 is 5.97 Å². The molecule has 0 aliphatic carbocycles. The molecule has 0 amide bonds. The van der Waals surface area contributed by atoms with E-state index in [2.05, 4.69) is 11.6 Å². The third kappa shape index (κ3) is 3.95. The van der Waals surface area contributed by atoms with Crippen molar-refractivity contribution in [2.45, 2.75) is 6.54 Å². The number of nitrogens with zero attached hydrogens (tertiary/aromatic N) is 2. The zero-order valence-corrected chi connectivity index (χ0v) is 15.5. The van der Waals surface area contributed by atoms with Crippen LogP contribution in [0, 0.1) is 0 Å². The van der Waals surface area contributed by atoms with Crippen LogP contribution in [0.2, 0.25) is 0 Å². The highest BCUT2D eigenvalue weighted by Crippen LogP contribution is 2.31. The van der Waals surface area contributed by atoms with Crippen LogP contribution in [-0.2, 0) is 16.1 Å². The predicted octanol–water partition coefficient (Wildman–Crippen LogP) is 3.43. The predicted molar refractivity (Wildman–Crippen MR) is 102 cm³/mol. The van der Waals surface area contributed by atoms with E-state index in [0.29, 0.717) is 10.2 Å². The zero-order valence-electron chi connectivity index (χ0n) is 13.9. The Morgan fingerprint density at radius 1 is 1.35 bits per heavy atom. The summed E-state index contributed by atoms with van der Waals surface area (Å²) < 4.78 is 11.8. The number of ether oxygens (including phenoxy) is 2. The summed E-state index contributed by atoms with van der Waals surface area (Å²) in [6, 6.07) is 9.39. The Labute approximate surface area is 158 Å². The van der Waals surface area contributed by atoms with Gasteiger partial charge in [0.25, 0.3) is 5.56 Å². The van der Waals surface area contributed by atoms with Crippen molar-refractivity contribution in [3.63, 3.8) is 0 Å². The van der Waals surface area contributed by atoms with E-state index in [1.807, 2.05) is 30.3 Å². The molecule has 0 radical (unpaired) electrons. The minimum atomic E-state index is -0.581. The minimum absolute atomic E-state index is 0.0918. The Hall–Kier alpha value is -2.64. The van der Waals surface area contributed by atoms with Crippen LogP contribution < -0.4 is 10.3 Å². The summed E-state index contributed by atoms with van der Waals surface area (Å²) in [5.74, 6) is 0.176. The van der Waals surface area contributed by atoms with Crippen molar-refractivity contribution in [1.29, 1.82) is 0 Å². The fourth-order valence-corrected chi connectivity index (χ4v) is 3.42. The van der Waals surface area contributed by atoms with Crippen molar-refractivity contribution in [1.82, 2.24) is 9.55 Å². The molecule has 0 bridgehead atoms. The maximum Gasteiger partial charge on any atom is 0.326 e. The van der Waals surface area contributed by atoms with Crippen LogP contribution in [0.15, 0.2) is 53.1 Å². The third-order valence-electron chi connectivity index (χ3n) is 3.57. The number of benzene rings is 1. The molecule has 0 N–H and O–H groups in total. The van der Waals surface area contributed by atoms with Crippen LogP contribution >= 0.6 is 22.9 Å². The topological polar surface area (TPSA) is 70.4 Å². The molecule has 1 aromatic carbocycles. The number of thiophene rings is 1. The third-order valence-corrected chi connectivity index (χ3v) is 4.84. The Morgan fingerprint density at radius 3 is 2.73 bits per heavy atom. The van der Waals surface area contributed by atoms with Gasteiger partial charge in [-0.1, -0.05) is 18.2 Å². The van der Waals surface area contributed by atoms with E-state index in [0.717, 1.165) is 16.2 Å². The van der Waals surface area contributed by atoms with E-state index in [4.69, 9.17) is 21.1 Å². The van der Waals surface area contributed by atoms with E-state index < -0.39 is 5.97 Å². The highest BCUT2D eigenvalue weighted by Gasteiger charge is 2.13. The summed E-state index contributed by atoms with van der Waals surface area (Å²) in [7, 11) is 1.61. The van der Waals surface area contributed by atoms with E-state index in [1.165, 1.54) is 22.2 Å². The molecule has 26 heavy (non-hydrogen) atoms. The Bertz CT molecular complexity index is 1020. The van der Waals surface area contributed by atoms with Crippen molar-refractivity contribution in [2.24, 2.45) is 0 Å². The molecule has 0 fully saturated rings. The summed E-state index contributed by atoms with van der Waals surface area (Å²) >= 11 is 6.88. The van der Waals surface area contributed by atoms with Gasteiger partial charge in [0, 0.05) is 9.91 Å². The standard InChI is InChI=1S/C18H15ClN2O4S/c1-11(19)9-25-16(22)8-21-10-20-14-7-15(26-17(14)18(21)23)12-3-5-13(24-2)6-4-12/h3-7,10H,1,8-9H2,2H3. The number of aromatic nitrogens is 2. The molecule has 0 atom stereocenters. The largest absolute Gasteiger partial charge is 0.497 e. The second-order valence-electron chi connectivity index (χ2n) is 5.41. The molecule has 0 unspecified atom stereocenters. The molecule has 0 aliphatic rings. The number of hydrogen-bond acceptors (Lipinski definition) is 6. The van der Waals surface area contributed by atoms with Gasteiger partial charge in [-0.2, -0.15) is 0 Å². The average molecular weight is 391 g/mol. The summed E-state index contributed by atoms with van der Waals surface area (Å²) in [4.78, 5) is 29.6. The fraction of sp³-hybridized carbons (Fsp3) is 0.167. The number of esters is 1. The first-order valence-electron chi connectivity index (χ1n) is 7.60. The van der Waals surface area contributed by atoms with Crippen LogP contribution in [-0.4, -0.2) is 29.2 Å². The number of hydrogen-bond donors (Lipinski definition) is 0. The molecule has 8 heteroatoms. The maximum absolute atomic E-state index is 12.6. The van der Waals surface area contributed by atoms with Crippen molar-refractivity contribution in [3.05, 3.63) is 58.6 Å². The van der Waals surface area contributed by atoms with Crippen molar-refractivity contribution in [2.75, 3.05) is 13.7 Å². The van der Waals surface area contributed by atoms with Crippen LogP contribution in [0.25, 0.3) is 20.7 Å². The molecule has 0 saturated carbocycles. The number of methoxy groups -OCH3 is 1. The monoisotopic (exact) mass is 390 g/mol. The highest BCUT2D eigenvalue weighted by molar-refractivity contribution is 7.22. The lowest BCUT2D eigenvalue weighted by atomic mass is 10.2. The van der Waals surface area contributed by atoms with E-state index in [1.54, 1.807) is 7.11 Å². The van der Waals surface area contributed by atoms with Crippen molar-refractivity contribution < 1.29 is 14.3 Å². The van der Waals surface area contributed by atoms with Gasteiger partial charge in [-0.25, -0.2) is 4.98 Å². The van der Waals surface area contributed by atoms with Gasteiger partial charge in [-0.15, -0.1) is 11.3 Å². The Kier molecular flexibility index (Phi) is 5.39. The van der Waals surface area contributed by atoms with Gasteiger partial charge < -0.3 is 9.47 Å². The maximum atomic E-state index is 12.6. The normalized spacial score (nSPS) is 10.7. The Morgan fingerprint density at radius 2 is 2.08 bits per heavy atom. The molecule has 134 valence electrons. The molecule has 0 aliphatic heterocycles. The lowest BCUT2D eigenvalue weighted by Gasteiger charge is -2.05. The van der Waals surface area contributed by atoms with Crippen molar-refractivity contribution in [3.8, 4) is 16.2 Å². The van der Waals surface area contributed by atoms with E-state index in [9.17, 15) is 9.59 Å². The van der Waals surface area contributed by atoms with Crippen LogP contribution in [0.5, 0.6) is 5.75 Å². The molecule has 0 saturated heterocycles. The number of carbonyl (C=O) groups is 1. The molecule has 2 aromatic heterocycles. The second-order valence-corrected chi connectivity index (χ2v) is 7.00. The summed E-state index contributed by atoms with van der Waals surface area (Å²) in [6.07, 6.45) is 1.34. The highest BCUT2D eigenvalue weighted by atomic mass is 35.5. The molecule has 2 heterocycles. The second kappa shape index (κ2) is 7.72. The van der Waals surface area contributed by atoms with Gasteiger partial charge in [0.2, 0.25) is 0 Å². The lowest BCUT2D eigenvalue weighted by Crippen LogP contribution is -2.25. The van der Waals surface area contributed by atoms with Gasteiger partial charge in [-0.05, 0) is 35.9 Å². The van der Waals surface area contributed by atoms with Gasteiger partial charge in [0.1, 0.15) is 23.6 Å². The van der Waals surface area contributed by atoms with Crippen LogP contribution in [0.3, 0.4) is 0 Å². The Balaban J connectivity index is 1.88. The van der Waals surface area contributed by atoms with Gasteiger partial charge in [-0.3, -0.25) is 14.2 Å². The molecular formula is C18H15ClN2O4S. The molecule has 3 aromatic rings. The first-order chi connectivity index (χ1) is 12.5. The quantitative estimate of drug-likeness (QED) is 0.603. The first-order valence-corrected chi connectivity index (χ1v) is 8.79. The number of carbonyl (C=O) groups excluding carboxylic acids is 1. The van der Waals surface area contributed by atoms with Crippen LogP contribution in [0.1, 0.15) is 0 Å². The average Bonchev–Trinajstić information content (AvgIpc) is 3.07. The minimum Gasteiger partial charge on any atom is -0.497 e. The lowest BCUT2D eigenvalue weighted by molar-refractivity contribution is -0.143. The van der Waals surface area contributed by atoms with Gasteiger partial charge in [0.05, 0.1) is 19.0 Å². The molecule has 6 nitrogen and oxygen atoms in total. The summed E-state index contributed by atoms with van der Waals surface area (Å²) in [6.45, 7) is 3.11.